The lowest BCUT2D eigenvalue weighted by atomic mass is 10.0. The molecule has 3 nitrogen and oxygen atoms in total. The van der Waals surface area contributed by atoms with Crippen LogP contribution in [0.3, 0.4) is 0 Å². The highest BCUT2D eigenvalue weighted by Gasteiger charge is 2.25. The Morgan fingerprint density at radius 3 is 3.00 bits per heavy atom. The molecular weight excluding hydrogens is 310 g/mol. The van der Waals surface area contributed by atoms with Crippen LogP contribution in [0, 0.1) is 5.92 Å². The van der Waals surface area contributed by atoms with Crippen molar-refractivity contribution in [2.75, 3.05) is 13.1 Å². The number of thiophene rings is 1. The smallest absolute Gasteiger partial charge is 0.124 e. The molecule has 1 fully saturated rings. The van der Waals surface area contributed by atoms with Crippen LogP contribution in [0.4, 0.5) is 0 Å². The first-order chi connectivity index (χ1) is 9.22. The highest BCUT2D eigenvalue weighted by molar-refractivity contribution is 7.14. The second-order valence-electron chi connectivity index (χ2n) is 5.30. The highest BCUT2D eigenvalue weighted by atomic mass is 35.5. The van der Waals surface area contributed by atoms with Gasteiger partial charge in [-0.1, -0.05) is 0 Å². The number of hydrogen-bond donors (Lipinski definition) is 1. The molecule has 2 aromatic rings. The van der Waals surface area contributed by atoms with E-state index in [0.29, 0.717) is 12.0 Å². The van der Waals surface area contributed by atoms with Crippen LogP contribution >= 0.6 is 35.1 Å². The summed E-state index contributed by atoms with van der Waals surface area (Å²) in [5, 5.41) is 7.58. The van der Waals surface area contributed by atoms with E-state index in [0.717, 1.165) is 24.6 Å². The number of halogens is 1. The van der Waals surface area contributed by atoms with E-state index in [9.17, 15) is 0 Å². The molecule has 6 heteroatoms. The van der Waals surface area contributed by atoms with Gasteiger partial charge in [-0.15, -0.1) is 23.7 Å². The van der Waals surface area contributed by atoms with Crippen molar-refractivity contribution < 1.29 is 0 Å². The van der Waals surface area contributed by atoms with Gasteiger partial charge in [0.25, 0.3) is 0 Å². The molecule has 3 rings (SSSR count). The maximum absolute atomic E-state index is 5.98. The summed E-state index contributed by atoms with van der Waals surface area (Å²) in [4.78, 5) is 7.21. The fraction of sp³-hybridized carbons (Fsp3) is 0.500. The first kappa shape index (κ1) is 15.9. The molecule has 1 aliphatic heterocycles. The van der Waals surface area contributed by atoms with E-state index in [1.165, 1.54) is 17.7 Å². The number of nitrogens with two attached hydrogens (primary N) is 1. The zero-order valence-electron chi connectivity index (χ0n) is 11.5. The lowest BCUT2D eigenvalue weighted by molar-refractivity contribution is 0.305. The third-order valence-corrected chi connectivity index (χ3v) is 5.38. The quantitative estimate of drug-likeness (QED) is 0.934. The zero-order valence-corrected chi connectivity index (χ0v) is 13.9. The van der Waals surface area contributed by atoms with Crippen LogP contribution < -0.4 is 5.73 Å². The standard InChI is InChI=1S/C14H19N3S2.ClH/c1-10(15)11-2-4-17(6-11)7-13-9-19-14(16-13)12-3-5-18-8-12;/h3,5,8-11H,2,4,6-7,15H2,1H3;1H. The van der Waals surface area contributed by atoms with Gasteiger partial charge in [-0.05, 0) is 37.3 Å². The summed E-state index contributed by atoms with van der Waals surface area (Å²) in [6, 6.07) is 2.44. The summed E-state index contributed by atoms with van der Waals surface area (Å²) in [6.45, 7) is 5.34. The maximum atomic E-state index is 5.98. The Labute approximate surface area is 134 Å². The molecule has 2 N–H and O–H groups in total. The highest BCUT2D eigenvalue weighted by Crippen LogP contribution is 2.27. The van der Waals surface area contributed by atoms with Crippen molar-refractivity contribution in [3.63, 3.8) is 0 Å². The average Bonchev–Trinajstić information content (AvgIpc) is 3.09. The number of thiazole rings is 1. The molecule has 0 aliphatic carbocycles. The molecule has 0 spiro atoms. The Bertz CT molecular complexity index is 524. The van der Waals surface area contributed by atoms with E-state index in [-0.39, 0.29) is 12.4 Å². The van der Waals surface area contributed by atoms with Gasteiger partial charge in [0.2, 0.25) is 0 Å². The fourth-order valence-electron chi connectivity index (χ4n) is 2.56. The summed E-state index contributed by atoms with van der Waals surface area (Å²) in [5.41, 5.74) is 8.42. The summed E-state index contributed by atoms with van der Waals surface area (Å²) in [7, 11) is 0. The Kier molecular flexibility index (Phi) is 5.57. The number of aromatic nitrogens is 1. The largest absolute Gasteiger partial charge is 0.328 e. The van der Waals surface area contributed by atoms with Crippen molar-refractivity contribution in [1.82, 2.24) is 9.88 Å². The predicted octanol–water partition coefficient (Wildman–Crippen LogP) is 3.46. The molecule has 0 saturated carbocycles. The molecule has 0 aromatic carbocycles. The second-order valence-corrected chi connectivity index (χ2v) is 6.94. The van der Waals surface area contributed by atoms with Gasteiger partial charge in [-0.3, -0.25) is 4.90 Å². The monoisotopic (exact) mass is 329 g/mol. The van der Waals surface area contributed by atoms with Crippen molar-refractivity contribution in [2.24, 2.45) is 11.7 Å². The van der Waals surface area contributed by atoms with Crippen LogP contribution in [0.1, 0.15) is 19.0 Å². The molecule has 0 amide bonds. The van der Waals surface area contributed by atoms with E-state index in [1.54, 1.807) is 22.7 Å². The molecule has 2 unspecified atom stereocenters. The summed E-state index contributed by atoms with van der Waals surface area (Å²) in [5.74, 6) is 0.648. The van der Waals surface area contributed by atoms with E-state index < -0.39 is 0 Å². The third-order valence-electron chi connectivity index (χ3n) is 3.76. The van der Waals surface area contributed by atoms with E-state index in [2.05, 4.69) is 34.0 Å². The molecule has 20 heavy (non-hydrogen) atoms. The number of likely N-dealkylation sites (tertiary alicyclic amines) is 1. The van der Waals surface area contributed by atoms with Crippen LogP contribution in [0.2, 0.25) is 0 Å². The van der Waals surface area contributed by atoms with Gasteiger partial charge < -0.3 is 5.73 Å². The van der Waals surface area contributed by atoms with Crippen LogP contribution in [-0.4, -0.2) is 29.0 Å². The first-order valence-electron chi connectivity index (χ1n) is 6.67. The van der Waals surface area contributed by atoms with Gasteiger partial charge in [-0.2, -0.15) is 11.3 Å². The van der Waals surface area contributed by atoms with Crippen LogP contribution in [0.25, 0.3) is 10.6 Å². The van der Waals surface area contributed by atoms with E-state index >= 15 is 0 Å². The van der Waals surface area contributed by atoms with Gasteiger partial charge in [0.15, 0.2) is 0 Å². The van der Waals surface area contributed by atoms with Gasteiger partial charge in [-0.25, -0.2) is 4.98 Å². The topological polar surface area (TPSA) is 42.1 Å². The number of hydrogen-bond acceptors (Lipinski definition) is 5. The minimum absolute atomic E-state index is 0. The molecule has 2 aromatic heterocycles. The van der Waals surface area contributed by atoms with Gasteiger partial charge in [0.05, 0.1) is 5.69 Å². The Morgan fingerprint density at radius 2 is 2.35 bits per heavy atom. The minimum atomic E-state index is 0. The molecule has 0 bridgehead atoms. The summed E-state index contributed by atoms with van der Waals surface area (Å²) >= 11 is 3.46. The molecule has 110 valence electrons. The Hall–Kier alpha value is -0.460. The molecule has 2 atom stereocenters. The van der Waals surface area contributed by atoms with Crippen molar-refractivity contribution in [1.29, 1.82) is 0 Å². The van der Waals surface area contributed by atoms with Crippen LogP contribution in [-0.2, 0) is 6.54 Å². The number of rotatable bonds is 4. The van der Waals surface area contributed by atoms with Crippen LogP contribution in [0.5, 0.6) is 0 Å². The van der Waals surface area contributed by atoms with E-state index in [4.69, 9.17) is 10.7 Å². The number of nitrogens with zero attached hydrogens (tertiary/aromatic N) is 2. The molecule has 3 heterocycles. The molecule has 1 aliphatic rings. The fourth-order valence-corrected chi connectivity index (χ4v) is 4.09. The maximum Gasteiger partial charge on any atom is 0.124 e. The second kappa shape index (κ2) is 7.00. The lowest BCUT2D eigenvalue weighted by Crippen LogP contribution is -2.29. The van der Waals surface area contributed by atoms with Gasteiger partial charge >= 0.3 is 0 Å². The molecule has 1 saturated heterocycles. The normalized spacial score (nSPS) is 20.8. The van der Waals surface area contributed by atoms with E-state index in [1.807, 2.05) is 0 Å². The molecule has 0 radical (unpaired) electrons. The lowest BCUT2D eigenvalue weighted by Gasteiger charge is -2.16. The zero-order chi connectivity index (χ0) is 13.2. The summed E-state index contributed by atoms with van der Waals surface area (Å²) in [6.07, 6.45) is 1.22. The van der Waals surface area contributed by atoms with Gasteiger partial charge in [0, 0.05) is 35.5 Å². The van der Waals surface area contributed by atoms with Gasteiger partial charge in [0.1, 0.15) is 5.01 Å². The van der Waals surface area contributed by atoms with Crippen molar-refractivity contribution in [3.8, 4) is 10.6 Å². The summed E-state index contributed by atoms with van der Waals surface area (Å²) < 4.78 is 0. The first-order valence-corrected chi connectivity index (χ1v) is 8.49. The Balaban J connectivity index is 0.00000147. The SMILES string of the molecule is CC(N)C1CCN(Cc2csc(-c3ccsc3)n2)C1.Cl. The van der Waals surface area contributed by atoms with Crippen molar-refractivity contribution in [3.05, 3.63) is 27.9 Å². The van der Waals surface area contributed by atoms with Crippen molar-refractivity contribution in [2.45, 2.75) is 25.9 Å². The third kappa shape index (κ3) is 3.59. The predicted molar refractivity (Wildman–Crippen MR) is 89.7 cm³/mol. The Morgan fingerprint density at radius 1 is 1.50 bits per heavy atom. The van der Waals surface area contributed by atoms with Crippen molar-refractivity contribution >= 4 is 35.1 Å². The van der Waals surface area contributed by atoms with Crippen LogP contribution in [0.15, 0.2) is 22.2 Å². The minimum Gasteiger partial charge on any atom is -0.328 e. The average molecular weight is 330 g/mol. The molecular formula is C14H20ClN3S2.